The SMILES string of the molecule is CCCCCCCCCC1CC(N)c2ccc(Br)cc2O1. The van der Waals surface area contributed by atoms with E-state index in [-0.39, 0.29) is 12.1 Å². The van der Waals surface area contributed by atoms with Crippen LogP contribution in [0.25, 0.3) is 0 Å². The molecule has 0 aromatic heterocycles. The van der Waals surface area contributed by atoms with Crippen molar-refractivity contribution < 1.29 is 4.74 Å². The second-order valence-electron chi connectivity index (χ2n) is 6.17. The van der Waals surface area contributed by atoms with Gasteiger partial charge in [-0.2, -0.15) is 0 Å². The number of halogens is 1. The van der Waals surface area contributed by atoms with Gasteiger partial charge in [0.25, 0.3) is 0 Å². The molecule has 0 aliphatic carbocycles. The summed E-state index contributed by atoms with van der Waals surface area (Å²) in [6.45, 7) is 2.26. The smallest absolute Gasteiger partial charge is 0.125 e. The van der Waals surface area contributed by atoms with Gasteiger partial charge in [0.2, 0.25) is 0 Å². The number of ether oxygens (including phenoxy) is 1. The van der Waals surface area contributed by atoms with Crippen molar-refractivity contribution in [3.63, 3.8) is 0 Å². The van der Waals surface area contributed by atoms with Crippen molar-refractivity contribution in [2.24, 2.45) is 5.73 Å². The number of fused-ring (bicyclic) bond motifs is 1. The Morgan fingerprint density at radius 2 is 1.86 bits per heavy atom. The van der Waals surface area contributed by atoms with Gasteiger partial charge >= 0.3 is 0 Å². The van der Waals surface area contributed by atoms with Crippen LogP contribution < -0.4 is 10.5 Å². The van der Waals surface area contributed by atoms with Gasteiger partial charge in [0, 0.05) is 22.5 Å². The zero-order valence-corrected chi connectivity index (χ0v) is 14.7. The second kappa shape index (κ2) is 8.79. The number of unbranched alkanes of at least 4 members (excludes halogenated alkanes) is 6. The molecule has 1 aromatic rings. The Bertz CT molecular complexity index is 435. The fourth-order valence-electron chi connectivity index (χ4n) is 3.06. The van der Waals surface area contributed by atoms with E-state index in [2.05, 4.69) is 28.9 Å². The standard InChI is InChI=1S/C18H28BrNO/c1-2-3-4-5-6-7-8-9-15-13-17(20)16-11-10-14(19)12-18(16)21-15/h10-12,15,17H,2-9,13,20H2,1H3. The highest BCUT2D eigenvalue weighted by Gasteiger charge is 2.25. The molecule has 2 unspecified atom stereocenters. The fourth-order valence-corrected chi connectivity index (χ4v) is 3.40. The van der Waals surface area contributed by atoms with Crippen LogP contribution in [0.5, 0.6) is 5.75 Å². The Hall–Kier alpha value is -0.540. The highest BCUT2D eigenvalue weighted by Crippen LogP contribution is 2.36. The molecule has 0 saturated carbocycles. The zero-order valence-electron chi connectivity index (χ0n) is 13.1. The first-order valence-electron chi connectivity index (χ1n) is 8.42. The van der Waals surface area contributed by atoms with Crippen LogP contribution in [-0.4, -0.2) is 6.10 Å². The van der Waals surface area contributed by atoms with Crippen LogP contribution >= 0.6 is 15.9 Å². The molecule has 2 rings (SSSR count). The lowest BCUT2D eigenvalue weighted by molar-refractivity contribution is 0.146. The van der Waals surface area contributed by atoms with E-state index in [9.17, 15) is 0 Å². The molecule has 1 aromatic carbocycles. The molecule has 2 N–H and O–H groups in total. The summed E-state index contributed by atoms with van der Waals surface area (Å²) in [4.78, 5) is 0. The molecule has 0 saturated heterocycles. The Morgan fingerprint density at radius 3 is 2.62 bits per heavy atom. The fraction of sp³-hybridized carbons (Fsp3) is 0.667. The van der Waals surface area contributed by atoms with E-state index >= 15 is 0 Å². The first-order chi connectivity index (χ1) is 10.2. The quantitative estimate of drug-likeness (QED) is 0.604. The monoisotopic (exact) mass is 353 g/mol. The molecule has 2 nitrogen and oxygen atoms in total. The largest absolute Gasteiger partial charge is 0.490 e. The van der Waals surface area contributed by atoms with Crippen LogP contribution in [0.2, 0.25) is 0 Å². The first kappa shape index (κ1) is 16.8. The van der Waals surface area contributed by atoms with E-state index in [1.54, 1.807) is 0 Å². The number of nitrogens with two attached hydrogens (primary N) is 1. The zero-order chi connectivity index (χ0) is 15.1. The van der Waals surface area contributed by atoms with E-state index in [1.165, 1.54) is 44.9 Å². The molecular weight excluding hydrogens is 326 g/mol. The molecular formula is C18H28BrNO. The third-order valence-corrected chi connectivity index (χ3v) is 4.81. The van der Waals surface area contributed by atoms with Crippen LogP contribution in [0.4, 0.5) is 0 Å². The minimum Gasteiger partial charge on any atom is -0.490 e. The topological polar surface area (TPSA) is 35.2 Å². The Labute approximate surface area is 137 Å². The van der Waals surface area contributed by atoms with Crippen molar-refractivity contribution in [1.29, 1.82) is 0 Å². The lowest BCUT2D eigenvalue weighted by Gasteiger charge is -2.30. The average Bonchev–Trinajstić information content (AvgIpc) is 2.46. The summed E-state index contributed by atoms with van der Waals surface area (Å²) in [5.41, 5.74) is 7.42. The third-order valence-electron chi connectivity index (χ3n) is 4.32. The maximum atomic E-state index is 6.28. The molecule has 0 radical (unpaired) electrons. The van der Waals surface area contributed by atoms with Crippen LogP contribution in [0.15, 0.2) is 22.7 Å². The number of benzene rings is 1. The Kier molecular flexibility index (Phi) is 7.05. The summed E-state index contributed by atoms with van der Waals surface area (Å²) in [6, 6.07) is 6.29. The van der Waals surface area contributed by atoms with Gasteiger partial charge in [-0.25, -0.2) is 0 Å². The first-order valence-corrected chi connectivity index (χ1v) is 9.21. The molecule has 2 atom stereocenters. The summed E-state index contributed by atoms with van der Waals surface area (Å²) in [6.07, 6.45) is 11.8. The predicted molar refractivity (Wildman–Crippen MR) is 92.7 cm³/mol. The summed E-state index contributed by atoms with van der Waals surface area (Å²) >= 11 is 3.50. The number of rotatable bonds is 8. The number of hydrogen-bond donors (Lipinski definition) is 1. The molecule has 1 aliphatic heterocycles. The van der Waals surface area contributed by atoms with Gasteiger partial charge in [0.05, 0.1) is 0 Å². The molecule has 21 heavy (non-hydrogen) atoms. The molecule has 0 amide bonds. The van der Waals surface area contributed by atoms with Gasteiger partial charge in [0.1, 0.15) is 11.9 Å². The van der Waals surface area contributed by atoms with Gasteiger partial charge in [0.15, 0.2) is 0 Å². The summed E-state index contributed by atoms with van der Waals surface area (Å²) in [5, 5.41) is 0. The summed E-state index contributed by atoms with van der Waals surface area (Å²) in [5.74, 6) is 0.969. The second-order valence-corrected chi connectivity index (χ2v) is 7.09. The average molecular weight is 354 g/mol. The van der Waals surface area contributed by atoms with Gasteiger partial charge in [-0.15, -0.1) is 0 Å². The van der Waals surface area contributed by atoms with Crippen molar-refractivity contribution in [1.82, 2.24) is 0 Å². The molecule has 1 aliphatic rings. The van der Waals surface area contributed by atoms with Crippen molar-refractivity contribution >= 4 is 15.9 Å². The summed E-state index contributed by atoms with van der Waals surface area (Å²) in [7, 11) is 0. The van der Waals surface area contributed by atoms with Crippen LogP contribution in [0, 0.1) is 0 Å². The van der Waals surface area contributed by atoms with E-state index < -0.39 is 0 Å². The molecule has 118 valence electrons. The maximum Gasteiger partial charge on any atom is 0.125 e. The Balaban J connectivity index is 1.71. The van der Waals surface area contributed by atoms with Gasteiger partial charge < -0.3 is 10.5 Å². The normalized spacial score (nSPS) is 20.9. The highest BCUT2D eigenvalue weighted by molar-refractivity contribution is 9.10. The van der Waals surface area contributed by atoms with Crippen LogP contribution in [0.1, 0.15) is 76.3 Å². The molecule has 1 heterocycles. The predicted octanol–water partition coefficient (Wildman–Crippen LogP) is 5.74. The minimum absolute atomic E-state index is 0.122. The maximum absolute atomic E-state index is 6.28. The van der Waals surface area contributed by atoms with E-state index in [1.807, 2.05) is 12.1 Å². The lowest BCUT2D eigenvalue weighted by Crippen LogP contribution is -2.29. The van der Waals surface area contributed by atoms with E-state index in [4.69, 9.17) is 10.5 Å². The van der Waals surface area contributed by atoms with Gasteiger partial charge in [-0.3, -0.25) is 0 Å². The van der Waals surface area contributed by atoms with Crippen LogP contribution in [0.3, 0.4) is 0 Å². The highest BCUT2D eigenvalue weighted by atomic mass is 79.9. The summed E-state index contributed by atoms with van der Waals surface area (Å²) < 4.78 is 7.18. The Morgan fingerprint density at radius 1 is 1.14 bits per heavy atom. The van der Waals surface area contributed by atoms with E-state index in [0.717, 1.165) is 28.6 Å². The molecule has 3 heteroatoms. The van der Waals surface area contributed by atoms with Crippen molar-refractivity contribution in [2.75, 3.05) is 0 Å². The van der Waals surface area contributed by atoms with Gasteiger partial charge in [-0.1, -0.05) is 67.4 Å². The van der Waals surface area contributed by atoms with Gasteiger partial charge in [-0.05, 0) is 25.0 Å². The number of hydrogen-bond acceptors (Lipinski definition) is 2. The molecule has 0 spiro atoms. The minimum atomic E-state index is 0.122. The van der Waals surface area contributed by atoms with Crippen molar-refractivity contribution in [2.45, 2.75) is 76.9 Å². The lowest BCUT2D eigenvalue weighted by atomic mass is 9.94. The van der Waals surface area contributed by atoms with Crippen LogP contribution in [-0.2, 0) is 0 Å². The van der Waals surface area contributed by atoms with Crippen molar-refractivity contribution in [3.8, 4) is 5.75 Å². The third kappa shape index (κ3) is 5.30. The molecule has 0 bridgehead atoms. The molecule has 0 fully saturated rings. The van der Waals surface area contributed by atoms with E-state index in [0.29, 0.717) is 0 Å². The van der Waals surface area contributed by atoms with Crippen molar-refractivity contribution in [3.05, 3.63) is 28.2 Å².